The predicted molar refractivity (Wildman–Crippen MR) is 131 cm³/mol. The minimum absolute atomic E-state index is 0. The number of pyridine rings is 1. The van der Waals surface area contributed by atoms with Crippen LogP contribution in [0, 0.1) is 5.92 Å². The quantitative estimate of drug-likeness (QED) is 0.254. The molecule has 1 aromatic rings. The molecule has 0 spiro atoms. The molecular weight excluding hydrogens is 503 g/mol. The van der Waals surface area contributed by atoms with Gasteiger partial charge in [-0.05, 0) is 51.2 Å². The second kappa shape index (κ2) is 14.0. The number of halogens is 1. The van der Waals surface area contributed by atoms with Gasteiger partial charge in [0.15, 0.2) is 5.96 Å². The van der Waals surface area contributed by atoms with Gasteiger partial charge in [-0.15, -0.1) is 24.0 Å². The number of hydrogen-bond donors (Lipinski definition) is 2. The molecule has 0 aromatic carbocycles. The molecule has 29 heavy (non-hydrogen) atoms. The molecule has 0 bridgehead atoms. The Morgan fingerprint density at radius 1 is 1.28 bits per heavy atom. The highest BCUT2D eigenvalue weighted by Crippen LogP contribution is 2.15. The van der Waals surface area contributed by atoms with Crippen LogP contribution in [-0.4, -0.2) is 50.1 Å². The maximum absolute atomic E-state index is 11.3. The number of aliphatic imine (C=N–C) groups is 1. The van der Waals surface area contributed by atoms with Crippen molar-refractivity contribution in [3.63, 3.8) is 0 Å². The van der Waals surface area contributed by atoms with Gasteiger partial charge in [0.1, 0.15) is 9.84 Å². The molecule has 9 heteroatoms. The minimum Gasteiger partial charge on any atom is -0.475 e. The van der Waals surface area contributed by atoms with E-state index in [2.05, 4.69) is 41.4 Å². The van der Waals surface area contributed by atoms with Crippen molar-refractivity contribution in [2.45, 2.75) is 66.2 Å². The van der Waals surface area contributed by atoms with E-state index in [1.54, 1.807) is 6.20 Å². The summed E-state index contributed by atoms with van der Waals surface area (Å²) >= 11 is 0. The summed E-state index contributed by atoms with van der Waals surface area (Å²) in [6, 6.07) is 3.83. The average molecular weight is 541 g/mol. The topological polar surface area (TPSA) is 92.7 Å². The number of nitrogens with one attached hydrogen (secondary N) is 2. The molecule has 2 unspecified atom stereocenters. The van der Waals surface area contributed by atoms with Crippen LogP contribution >= 0.6 is 24.0 Å². The van der Waals surface area contributed by atoms with Gasteiger partial charge < -0.3 is 15.4 Å². The number of aromatic nitrogens is 1. The van der Waals surface area contributed by atoms with E-state index in [1.165, 1.54) is 6.26 Å². The third-order valence-corrected chi connectivity index (χ3v) is 4.97. The van der Waals surface area contributed by atoms with E-state index in [4.69, 9.17) is 4.74 Å². The Morgan fingerprint density at radius 2 is 1.97 bits per heavy atom. The second-order valence-electron chi connectivity index (χ2n) is 7.72. The zero-order chi connectivity index (χ0) is 21.2. The molecule has 1 heterocycles. The van der Waals surface area contributed by atoms with E-state index in [1.807, 2.05) is 26.0 Å². The third-order valence-electron chi connectivity index (χ3n) is 3.99. The largest absolute Gasteiger partial charge is 0.475 e. The molecule has 0 saturated carbocycles. The van der Waals surface area contributed by atoms with Crippen LogP contribution in [0.1, 0.15) is 53.0 Å². The van der Waals surface area contributed by atoms with Gasteiger partial charge in [-0.1, -0.05) is 13.8 Å². The van der Waals surface area contributed by atoms with Gasteiger partial charge in [0.05, 0.1) is 18.4 Å². The zero-order valence-electron chi connectivity index (χ0n) is 18.4. The first-order valence-electron chi connectivity index (χ1n) is 9.93. The van der Waals surface area contributed by atoms with E-state index < -0.39 is 9.84 Å². The van der Waals surface area contributed by atoms with E-state index in [-0.39, 0.29) is 41.9 Å². The maximum atomic E-state index is 11.3. The van der Waals surface area contributed by atoms with Gasteiger partial charge in [-0.3, -0.25) is 0 Å². The SMILES string of the molecule is CCNC(=NCc1ccnc(OC(C)CC(C)C)c1)NC(C)CCS(C)(=O)=O.I. The first kappa shape index (κ1) is 27.9. The molecule has 0 saturated heterocycles. The smallest absolute Gasteiger partial charge is 0.213 e. The summed E-state index contributed by atoms with van der Waals surface area (Å²) in [4.78, 5) is 8.89. The number of rotatable bonds is 11. The minimum atomic E-state index is -2.97. The Bertz CT molecular complexity index is 726. The fourth-order valence-corrected chi connectivity index (χ4v) is 3.50. The summed E-state index contributed by atoms with van der Waals surface area (Å²) in [6.07, 6.45) is 4.61. The number of sulfone groups is 1. The van der Waals surface area contributed by atoms with Crippen molar-refractivity contribution in [1.82, 2.24) is 15.6 Å². The van der Waals surface area contributed by atoms with E-state index in [0.717, 1.165) is 18.5 Å². The number of ether oxygens (including phenoxy) is 1. The lowest BCUT2D eigenvalue weighted by Crippen LogP contribution is -2.42. The summed E-state index contributed by atoms with van der Waals surface area (Å²) in [5, 5.41) is 6.45. The van der Waals surface area contributed by atoms with Crippen molar-refractivity contribution < 1.29 is 13.2 Å². The lowest BCUT2D eigenvalue weighted by Gasteiger charge is -2.18. The lowest BCUT2D eigenvalue weighted by molar-refractivity contribution is 0.185. The summed E-state index contributed by atoms with van der Waals surface area (Å²) in [5.74, 6) is 2.00. The van der Waals surface area contributed by atoms with Crippen molar-refractivity contribution in [3.8, 4) is 5.88 Å². The van der Waals surface area contributed by atoms with Crippen LogP contribution in [-0.2, 0) is 16.4 Å². The Balaban J connectivity index is 0.00000784. The highest BCUT2D eigenvalue weighted by Gasteiger charge is 2.10. The summed E-state index contributed by atoms with van der Waals surface area (Å²) in [7, 11) is -2.97. The van der Waals surface area contributed by atoms with Crippen LogP contribution in [0.3, 0.4) is 0 Å². The van der Waals surface area contributed by atoms with Crippen LogP contribution in [0.5, 0.6) is 5.88 Å². The van der Waals surface area contributed by atoms with Crippen LogP contribution < -0.4 is 15.4 Å². The molecule has 0 aliphatic carbocycles. The van der Waals surface area contributed by atoms with Crippen LogP contribution in [0.25, 0.3) is 0 Å². The molecule has 0 aliphatic rings. The van der Waals surface area contributed by atoms with E-state index in [9.17, 15) is 8.42 Å². The van der Waals surface area contributed by atoms with Gasteiger partial charge in [0, 0.05) is 31.1 Å². The Hall–Kier alpha value is -1.10. The van der Waals surface area contributed by atoms with Crippen LogP contribution in [0.15, 0.2) is 23.3 Å². The highest BCUT2D eigenvalue weighted by atomic mass is 127. The average Bonchev–Trinajstić information content (AvgIpc) is 2.57. The van der Waals surface area contributed by atoms with Crippen LogP contribution in [0.4, 0.5) is 0 Å². The van der Waals surface area contributed by atoms with Gasteiger partial charge in [0.25, 0.3) is 0 Å². The molecule has 2 atom stereocenters. The first-order chi connectivity index (χ1) is 13.1. The standard InChI is InChI=1S/C20H36N4O3S.HI/c1-7-21-20(24-16(4)9-11-28(6,25)26)23-14-18-8-10-22-19(13-18)27-17(5)12-15(2)3;/h8,10,13,15-17H,7,9,11-12,14H2,1-6H3,(H2,21,23,24);1H. The van der Waals surface area contributed by atoms with E-state index in [0.29, 0.717) is 30.7 Å². The van der Waals surface area contributed by atoms with Gasteiger partial charge >= 0.3 is 0 Å². The second-order valence-corrected chi connectivity index (χ2v) is 9.98. The van der Waals surface area contributed by atoms with Crippen molar-refractivity contribution in [1.29, 1.82) is 0 Å². The van der Waals surface area contributed by atoms with E-state index >= 15 is 0 Å². The molecule has 2 N–H and O–H groups in total. The maximum Gasteiger partial charge on any atom is 0.213 e. The molecular formula is C20H37IN4O3S. The Labute approximate surface area is 193 Å². The lowest BCUT2D eigenvalue weighted by atomic mass is 10.1. The summed E-state index contributed by atoms with van der Waals surface area (Å²) in [5.41, 5.74) is 1.00. The first-order valence-corrected chi connectivity index (χ1v) is 12.0. The van der Waals surface area contributed by atoms with Crippen LogP contribution in [0.2, 0.25) is 0 Å². The molecule has 0 amide bonds. The van der Waals surface area contributed by atoms with Gasteiger partial charge in [0.2, 0.25) is 5.88 Å². The Kier molecular flexibility index (Phi) is 13.5. The molecule has 0 aliphatic heterocycles. The molecule has 0 fully saturated rings. The monoisotopic (exact) mass is 540 g/mol. The zero-order valence-corrected chi connectivity index (χ0v) is 21.6. The third kappa shape index (κ3) is 13.7. The predicted octanol–water partition coefficient (Wildman–Crippen LogP) is 3.39. The van der Waals surface area contributed by atoms with Crippen molar-refractivity contribution in [2.24, 2.45) is 10.9 Å². The fourth-order valence-electron chi connectivity index (χ4n) is 2.72. The molecule has 168 valence electrons. The number of hydrogen-bond acceptors (Lipinski definition) is 5. The van der Waals surface area contributed by atoms with Crippen molar-refractivity contribution in [2.75, 3.05) is 18.6 Å². The summed E-state index contributed by atoms with van der Waals surface area (Å²) < 4.78 is 28.6. The van der Waals surface area contributed by atoms with Gasteiger partial charge in [-0.25, -0.2) is 18.4 Å². The normalized spacial score (nSPS) is 14.1. The van der Waals surface area contributed by atoms with Crippen molar-refractivity contribution in [3.05, 3.63) is 23.9 Å². The number of guanidine groups is 1. The summed E-state index contributed by atoms with van der Waals surface area (Å²) in [6.45, 7) is 11.5. The fraction of sp³-hybridized carbons (Fsp3) is 0.700. The molecule has 7 nitrogen and oxygen atoms in total. The number of nitrogens with zero attached hydrogens (tertiary/aromatic N) is 2. The van der Waals surface area contributed by atoms with Gasteiger partial charge in [-0.2, -0.15) is 0 Å². The highest BCUT2D eigenvalue weighted by molar-refractivity contribution is 14.0. The Morgan fingerprint density at radius 3 is 2.55 bits per heavy atom. The van der Waals surface area contributed by atoms with Crippen molar-refractivity contribution >= 4 is 39.8 Å². The molecule has 1 aromatic heterocycles. The molecule has 0 radical (unpaired) electrons. The molecule has 1 rings (SSSR count).